The van der Waals surface area contributed by atoms with Gasteiger partial charge in [0.05, 0.1) is 0 Å². The summed E-state index contributed by atoms with van der Waals surface area (Å²) in [7, 11) is 0. The highest BCUT2D eigenvalue weighted by molar-refractivity contribution is 6.13. The molecule has 2 rings (SSSR count). The number of hydrogen-bond acceptors (Lipinski definition) is 5. The maximum atomic E-state index is 10.9. The molecule has 2 aliphatic heterocycles. The summed E-state index contributed by atoms with van der Waals surface area (Å²) in [4.78, 5) is 43.2. The minimum absolute atomic E-state index is 0.191. The van der Waals surface area contributed by atoms with Gasteiger partial charge in [0, 0.05) is 37.5 Å². The lowest BCUT2D eigenvalue weighted by Gasteiger charge is -2.15. The highest BCUT2D eigenvalue weighted by Crippen LogP contribution is 2.06. The second-order valence-corrected chi connectivity index (χ2v) is 6.11. The lowest BCUT2D eigenvalue weighted by Crippen LogP contribution is -2.33. The second kappa shape index (κ2) is 11.3. The van der Waals surface area contributed by atoms with Crippen LogP contribution in [0.25, 0.3) is 0 Å². The van der Waals surface area contributed by atoms with Crippen molar-refractivity contribution >= 4 is 23.6 Å². The van der Waals surface area contributed by atoms with Gasteiger partial charge in [-0.1, -0.05) is 27.7 Å². The molecule has 0 radical (unpaired) electrons. The molecule has 0 aromatic heterocycles. The molecule has 0 saturated carbocycles. The third-order valence-corrected chi connectivity index (χ3v) is 2.79. The smallest absolute Gasteiger partial charge is 0.253 e. The van der Waals surface area contributed by atoms with Crippen LogP contribution in [0.15, 0.2) is 24.3 Å². The molecule has 2 N–H and O–H groups in total. The van der Waals surface area contributed by atoms with Crippen molar-refractivity contribution in [2.75, 3.05) is 13.2 Å². The SMILES string of the molecule is CC(C)CCO.CC(C)CN1C(=O)C=CC1=O.O=C1C=CC(=O)N1. The van der Waals surface area contributed by atoms with Crippen molar-refractivity contribution in [3.63, 3.8) is 0 Å². The van der Waals surface area contributed by atoms with Crippen LogP contribution in [0.3, 0.4) is 0 Å². The Balaban J connectivity index is 0.000000353. The fourth-order valence-corrected chi connectivity index (χ4v) is 1.59. The Labute approximate surface area is 142 Å². The van der Waals surface area contributed by atoms with Gasteiger partial charge in [0.2, 0.25) is 0 Å². The third-order valence-electron chi connectivity index (χ3n) is 2.79. The molecule has 0 unspecified atom stereocenters. The van der Waals surface area contributed by atoms with Crippen LogP contribution in [0.4, 0.5) is 0 Å². The molecule has 0 saturated heterocycles. The quantitative estimate of drug-likeness (QED) is 0.738. The fourth-order valence-electron chi connectivity index (χ4n) is 1.59. The minimum atomic E-state index is -0.329. The Morgan fingerprint density at radius 2 is 1.33 bits per heavy atom. The van der Waals surface area contributed by atoms with Crippen LogP contribution in [0.5, 0.6) is 0 Å². The average molecular weight is 338 g/mol. The Kier molecular flexibility index (Phi) is 10.2. The van der Waals surface area contributed by atoms with Gasteiger partial charge in [0.15, 0.2) is 0 Å². The van der Waals surface area contributed by atoms with E-state index in [1.807, 2.05) is 19.2 Å². The summed E-state index contributed by atoms with van der Waals surface area (Å²) < 4.78 is 0. The zero-order chi connectivity index (χ0) is 18.7. The van der Waals surface area contributed by atoms with Crippen molar-refractivity contribution in [1.82, 2.24) is 10.2 Å². The maximum Gasteiger partial charge on any atom is 0.253 e. The molecular weight excluding hydrogens is 312 g/mol. The van der Waals surface area contributed by atoms with Gasteiger partial charge >= 0.3 is 0 Å². The van der Waals surface area contributed by atoms with Crippen LogP contribution < -0.4 is 5.32 Å². The molecular formula is C17H26N2O5. The largest absolute Gasteiger partial charge is 0.396 e. The number of aliphatic hydroxyl groups is 1. The van der Waals surface area contributed by atoms with E-state index in [1.165, 1.54) is 29.2 Å². The molecule has 0 aromatic carbocycles. The standard InChI is InChI=1S/C8H11NO2.C5H12O.C4H3NO2/c1-6(2)5-9-7(10)3-4-8(9)11;1-5(2)3-4-6;6-3-1-2-4(7)5-3/h3-4,6H,5H2,1-2H3;5-6H,3-4H2,1-2H3;1-2H,(H,5,6,7). The number of nitrogens with zero attached hydrogens (tertiary/aromatic N) is 1. The number of nitrogens with one attached hydrogen (secondary N) is 1. The van der Waals surface area contributed by atoms with E-state index in [0.717, 1.165) is 6.42 Å². The average Bonchev–Trinajstić information content (AvgIpc) is 2.99. The van der Waals surface area contributed by atoms with Crippen molar-refractivity contribution in [1.29, 1.82) is 0 Å². The van der Waals surface area contributed by atoms with Gasteiger partial charge in [0.1, 0.15) is 0 Å². The topological polar surface area (TPSA) is 104 Å². The van der Waals surface area contributed by atoms with Crippen molar-refractivity contribution < 1.29 is 24.3 Å². The van der Waals surface area contributed by atoms with Gasteiger partial charge in [-0.05, 0) is 18.3 Å². The first-order chi connectivity index (χ1) is 11.2. The van der Waals surface area contributed by atoms with Crippen LogP contribution >= 0.6 is 0 Å². The van der Waals surface area contributed by atoms with Gasteiger partial charge in [-0.3, -0.25) is 29.4 Å². The molecule has 0 fully saturated rings. The molecule has 2 heterocycles. The number of carbonyl (C=O) groups excluding carboxylic acids is 4. The summed E-state index contributed by atoms with van der Waals surface area (Å²) in [6.45, 7) is 8.98. The fraction of sp³-hybridized carbons (Fsp3) is 0.529. The molecule has 2 aliphatic rings. The van der Waals surface area contributed by atoms with Gasteiger partial charge in [-0.2, -0.15) is 0 Å². The first kappa shape index (κ1) is 21.7. The van der Waals surface area contributed by atoms with Gasteiger partial charge in [0.25, 0.3) is 23.6 Å². The summed E-state index contributed by atoms with van der Waals surface area (Å²) in [6, 6.07) is 0. The molecule has 134 valence electrons. The van der Waals surface area contributed by atoms with E-state index in [9.17, 15) is 19.2 Å². The highest BCUT2D eigenvalue weighted by atomic mass is 16.3. The zero-order valence-corrected chi connectivity index (χ0v) is 14.6. The predicted octanol–water partition coefficient (Wildman–Crippen LogP) is 0.791. The van der Waals surface area contributed by atoms with E-state index in [2.05, 4.69) is 13.8 Å². The summed E-state index contributed by atoms with van der Waals surface area (Å²) in [6.07, 6.45) is 5.94. The van der Waals surface area contributed by atoms with E-state index >= 15 is 0 Å². The normalized spacial score (nSPS) is 15.5. The molecule has 0 spiro atoms. The van der Waals surface area contributed by atoms with Crippen LogP contribution in [0.1, 0.15) is 34.1 Å². The molecule has 4 amide bonds. The first-order valence-corrected chi connectivity index (χ1v) is 7.84. The first-order valence-electron chi connectivity index (χ1n) is 7.84. The lowest BCUT2D eigenvalue weighted by atomic mass is 10.2. The number of imide groups is 2. The molecule has 24 heavy (non-hydrogen) atoms. The number of rotatable bonds is 4. The van der Waals surface area contributed by atoms with Crippen LogP contribution in [0.2, 0.25) is 0 Å². The molecule has 0 aromatic rings. The Hall–Kier alpha value is -2.28. The summed E-state index contributed by atoms with van der Waals surface area (Å²) in [5.74, 6) is -0.0554. The number of amides is 4. The summed E-state index contributed by atoms with van der Waals surface area (Å²) in [5, 5.41) is 10.3. The van der Waals surface area contributed by atoms with E-state index in [0.29, 0.717) is 25.0 Å². The maximum absolute atomic E-state index is 10.9. The number of aliphatic hydroxyl groups excluding tert-OH is 1. The summed E-state index contributed by atoms with van der Waals surface area (Å²) >= 11 is 0. The molecule has 0 bridgehead atoms. The molecule has 7 heteroatoms. The van der Waals surface area contributed by atoms with E-state index < -0.39 is 0 Å². The zero-order valence-electron chi connectivity index (χ0n) is 14.6. The highest BCUT2D eigenvalue weighted by Gasteiger charge is 2.23. The van der Waals surface area contributed by atoms with E-state index in [1.54, 1.807) is 0 Å². The van der Waals surface area contributed by atoms with E-state index in [-0.39, 0.29) is 23.6 Å². The van der Waals surface area contributed by atoms with Gasteiger partial charge in [-0.15, -0.1) is 0 Å². The Bertz CT molecular complexity index is 487. The number of carbonyl (C=O) groups is 4. The lowest BCUT2D eigenvalue weighted by molar-refractivity contribution is -0.137. The van der Waals surface area contributed by atoms with E-state index in [4.69, 9.17) is 5.11 Å². The summed E-state index contributed by atoms with van der Waals surface area (Å²) in [5.41, 5.74) is 0. The molecule has 0 aliphatic carbocycles. The van der Waals surface area contributed by atoms with Crippen molar-refractivity contribution in [3.8, 4) is 0 Å². The Morgan fingerprint density at radius 3 is 1.54 bits per heavy atom. The van der Waals surface area contributed by atoms with Crippen molar-refractivity contribution in [2.24, 2.45) is 11.8 Å². The molecule has 0 atom stereocenters. The van der Waals surface area contributed by atoms with Gasteiger partial charge < -0.3 is 5.11 Å². The predicted molar refractivity (Wildman–Crippen MR) is 89.5 cm³/mol. The Morgan fingerprint density at radius 1 is 0.875 bits per heavy atom. The number of hydrogen-bond donors (Lipinski definition) is 2. The monoisotopic (exact) mass is 338 g/mol. The van der Waals surface area contributed by atoms with Crippen LogP contribution in [-0.4, -0.2) is 46.8 Å². The third kappa shape index (κ3) is 9.68. The minimum Gasteiger partial charge on any atom is -0.396 e. The second-order valence-electron chi connectivity index (χ2n) is 6.11. The van der Waals surface area contributed by atoms with Crippen molar-refractivity contribution in [2.45, 2.75) is 34.1 Å². The molecule has 7 nitrogen and oxygen atoms in total. The van der Waals surface area contributed by atoms with Crippen molar-refractivity contribution in [3.05, 3.63) is 24.3 Å². The van der Waals surface area contributed by atoms with Crippen LogP contribution in [0, 0.1) is 11.8 Å². The van der Waals surface area contributed by atoms with Crippen LogP contribution in [-0.2, 0) is 19.2 Å². The van der Waals surface area contributed by atoms with Gasteiger partial charge in [-0.25, -0.2) is 0 Å².